The van der Waals surface area contributed by atoms with E-state index in [4.69, 9.17) is 5.73 Å². The van der Waals surface area contributed by atoms with E-state index in [1.54, 1.807) is 6.20 Å². The monoisotopic (exact) mass is 396 g/mol. The molecule has 5 aromatic rings. The molecule has 0 spiro atoms. The molecule has 0 aliphatic carbocycles. The molecule has 0 aliphatic rings. The highest BCUT2D eigenvalue weighted by Gasteiger charge is 2.14. The summed E-state index contributed by atoms with van der Waals surface area (Å²) in [5.74, 6) is 1.56. The standard InChI is InChI=1S/C22H20N8/c1-13-19(23)11-24-22-20(13)25-14(2)30(22)12-15-7-9-16(10-8-15)17-5-3-4-6-18(17)21-26-28-29-27-21/h3-11H,12,23H2,1-2H3,(H,26,27,28,29). The molecule has 5 rings (SSSR count). The van der Waals surface area contributed by atoms with Crippen molar-refractivity contribution in [2.45, 2.75) is 20.4 Å². The number of aromatic amines is 1. The van der Waals surface area contributed by atoms with E-state index in [1.807, 2.05) is 32.0 Å². The maximum absolute atomic E-state index is 5.99. The lowest BCUT2D eigenvalue weighted by atomic mass is 9.98. The number of anilines is 1. The third-order valence-electron chi connectivity index (χ3n) is 5.38. The van der Waals surface area contributed by atoms with Crippen molar-refractivity contribution in [3.8, 4) is 22.5 Å². The van der Waals surface area contributed by atoms with Gasteiger partial charge in [-0.05, 0) is 41.0 Å². The fourth-order valence-electron chi connectivity index (χ4n) is 3.68. The van der Waals surface area contributed by atoms with Crippen molar-refractivity contribution in [1.29, 1.82) is 0 Å². The molecule has 0 fully saturated rings. The summed E-state index contributed by atoms with van der Waals surface area (Å²) in [5.41, 5.74) is 13.6. The van der Waals surface area contributed by atoms with E-state index in [-0.39, 0.29) is 0 Å². The zero-order chi connectivity index (χ0) is 20.7. The fourth-order valence-corrected chi connectivity index (χ4v) is 3.68. The molecule has 3 heterocycles. The third-order valence-corrected chi connectivity index (χ3v) is 5.38. The topological polar surface area (TPSA) is 111 Å². The van der Waals surface area contributed by atoms with Gasteiger partial charge in [0.25, 0.3) is 0 Å². The minimum atomic E-state index is 0.649. The maximum atomic E-state index is 5.99. The van der Waals surface area contributed by atoms with Crippen LogP contribution in [-0.4, -0.2) is 35.2 Å². The van der Waals surface area contributed by atoms with Crippen LogP contribution in [0, 0.1) is 13.8 Å². The second-order valence-electron chi connectivity index (χ2n) is 7.25. The van der Waals surface area contributed by atoms with Crippen molar-refractivity contribution in [2.75, 3.05) is 5.73 Å². The number of H-pyrrole nitrogens is 1. The number of nitrogens with zero attached hydrogens (tertiary/aromatic N) is 6. The number of nitrogens with two attached hydrogens (primary N) is 1. The molecule has 30 heavy (non-hydrogen) atoms. The molecule has 8 heteroatoms. The summed E-state index contributed by atoms with van der Waals surface area (Å²) in [5, 5.41) is 14.3. The molecule has 3 N–H and O–H groups in total. The second kappa shape index (κ2) is 7.07. The summed E-state index contributed by atoms with van der Waals surface area (Å²) in [6.45, 7) is 4.66. The molecule has 0 unspecified atom stereocenters. The average Bonchev–Trinajstić information content (AvgIpc) is 3.41. The molecule has 148 valence electrons. The summed E-state index contributed by atoms with van der Waals surface area (Å²) in [6.07, 6.45) is 1.70. The molecule has 0 saturated carbocycles. The lowest BCUT2D eigenvalue weighted by Crippen LogP contribution is -2.03. The van der Waals surface area contributed by atoms with Gasteiger partial charge in [0, 0.05) is 11.1 Å². The van der Waals surface area contributed by atoms with Crippen molar-refractivity contribution in [3.63, 3.8) is 0 Å². The van der Waals surface area contributed by atoms with Crippen LogP contribution in [0.1, 0.15) is 17.0 Å². The molecule has 0 atom stereocenters. The first-order chi connectivity index (χ1) is 14.6. The number of hydrogen-bond acceptors (Lipinski definition) is 6. The number of aromatic nitrogens is 7. The summed E-state index contributed by atoms with van der Waals surface area (Å²) < 4.78 is 2.12. The number of rotatable bonds is 4. The molecule has 3 aromatic heterocycles. The smallest absolute Gasteiger partial charge is 0.180 e. The predicted octanol–water partition coefficient (Wildman–Crippen LogP) is 3.53. The largest absolute Gasteiger partial charge is 0.397 e. The van der Waals surface area contributed by atoms with Gasteiger partial charge in [0.05, 0.1) is 18.4 Å². The lowest BCUT2D eigenvalue weighted by Gasteiger charge is -2.10. The highest BCUT2D eigenvalue weighted by Crippen LogP contribution is 2.30. The van der Waals surface area contributed by atoms with Crippen LogP contribution in [0.3, 0.4) is 0 Å². The number of nitrogens with one attached hydrogen (secondary N) is 1. The van der Waals surface area contributed by atoms with Gasteiger partial charge in [-0.15, -0.1) is 5.10 Å². The van der Waals surface area contributed by atoms with E-state index < -0.39 is 0 Å². The number of nitrogen functional groups attached to an aromatic ring is 1. The Hall–Kier alpha value is -4.07. The summed E-state index contributed by atoms with van der Waals surface area (Å²) in [6, 6.07) is 16.5. The van der Waals surface area contributed by atoms with Crippen LogP contribution in [0.15, 0.2) is 54.7 Å². The van der Waals surface area contributed by atoms with Gasteiger partial charge in [0.2, 0.25) is 0 Å². The van der Waals surface area contributed by atoms with Gasteiger partial charge in [-0.1, -0.05) is 48.5 Å². The molecule has 0 radical (unpaired) electrons. The van der Waals surface area contributed by atoms with Crippen molar-refractivity contribution in [2.24, 2.45) is 0 Å². The van der Waals surface area contributed by atoms with E-state index >= 15 is 0 Å². The number of aryl methyl sites for hydroxylation is 2. The number of imidazole rings is 1. The van der Waals surface area contributed by atoms with Gasteiger partial charge in [-0.25, -0.2) is 15.1 Å². The van der Waals surface area contributed by atoms with Gasteiger partial charge >= 0.3 is 0 Å². The Balaban J connectivity index is 1.49. The maximum Gasteiger partial charge on any atom is 0.180 e. The van der Waals surface area contributed by atoms with E-state index in [0.29, 0.717) is 18.1 Å². The summed E-state index contributed by atoms with van der Waals surface area (Å²) >= 11 is 0. The van der Waals surface area contributed by atoms with Crippen molar-refractivity contribution >= 4 is 16.9 Å². The van der Waals surface area contributed by atoms with Crippen LogP contribution < -0.4 is 5.73 Å². The molecule has 2 aromatic carbocycles. The van der Waals surface area contributed by atoms with Gasteiger partial charge in [-0.2, -0.15) is 0 Å². The first-order valence-corrected chi connectivity index (χ1v) is 9.62. The number of fused-ring (bicyclic) bond motifs is 1. The van der Waals surface area contributed by atoms with Gasteiger partial charge in [0.15, 0.2) is 11.5 Å². The zero-order valence-electron chi connectivity index (χ0n) is 16.7. The Kier molecular flexibility index (Phi) is 4.24. The molecule has 0 amide bonds. The SMILES string of the molecule is Cc1c(N)cnc2c1nc(C)n2Cc1ccc(-c2ccccc2-c2nnn[nH]2)cc1. The van der Waals surface area contributed by atoms with Gasteiger partial charge < -0.3 is 10.3 Å². The molecular formula is C22H20N8. The van der Waals surface area contributed by atoms with Crippen LogP contribution >= 0.6 is 0 Å². The molecule has 0 aliphatic heterocycles. The molecular weight excluding hydrogens is 376 g/mol. The van der Waals surface area contributed by atoms with E-state index in [1.165, 1.54) is 0 Å². The first kappa shape index (κ1) is 18.0. The van der Waals surface area contributed by atoms with Crippen LogP contribution in [0.4, 0.5) is 5.69 Å². The quantitative estimate of drug-likeness (QED) is 0.481. The number of benzene rings is 2. The average molecular weight is 396 g/mol. The summed E-state index contributed by atoms with van der Waals surface area (Å²) in [7, 11) is 0. The third kappa shape index (κ3) is 2.98. The Labute approximate surface area is 172 Å². The molecule has 0 saturated heterocycles. The number of tetrazole rings is 1. The number of pyridine rings is 1. The van der Waals surface area contributed by atoms with Crippen molar-refractivity contribution in [1.82, 2.24) is 35.2 Å². The minimum Gasteiger partial charge on any atom is -0.397 e. The van der Waals surface area contributed by atoms with E-state index in [9.17, 15) is 0 Å². The van der Waals surface area contributed by atoms with Crippen LogP contribution in [0.2, 0.25) is 0 Å². The van der Waals surface area contributed by atoms with Crippen LogP contribution in [0.25, 0.3) is 33.7 Å². The fraction of sp³-hybridized carbons (Fsp3) is 0.136. The Morgan fingerprint density at radius 1 is 1.00 bits per heavy atom. The van der Waals surface area contributed by atoms with E-state index in [2.05, 4.69) is 65.5 Å². The molecule has 0 bridgehead atoms. The lowest BCUT2D eigenvalue weighted by molar-refractivity contribution is 0.777. The Morgan fingerprint density at radius 2 is 1.77 bits per heavy atom. The normalized spacial score (nSPS) is 11.3. The zero-order valence-corrected chi connectivity index (χ0v) is 16.7. The Morgan fingerprint density at radius 3 is 2.50 bits per heavy atom. The van der Waals surface area contributed by atoms with Crippen LogP contribution in [-0.2, 0) is 6.54 Å². The van der Waals surface area contributed by atoms with E-state index in [0.717, 1.165) is 44.8 Å². The van der Waals surface area contributed by atoms with Crippen molar-refractivity contribution in [3.05, 3.63) is 71.7 Å². The first-order valence-electron chi connectivity index (χ1n) is 9.62. The van der Waals surface area contributed by atoms with Crippen LogP contribution in [0.5, 0.6) is 0 Å². The summed E-state index contributed by atoms with van der Waals surface area (Å²) in [4.78, 5) is 9.19. The van der Waals surface area contributed by atoms with Gasteiger partial charge in [-0.3, -0.25) is 0 Å². The predicted molar refractivity (Wildman–Crippen MR) is 116 cm³/mol. The highest BCUT2D eigenvalue weighted by molar-refractivity contribution is 5.81. The molecule has 8 nitrogen and oxygen atoms in total. The number of hydrogen-bond donors (Lipinski definition) is 2. The minimum absolute atomic E-state index is 0.649. The van der Waals surface area contributed by atoms with Crippen molar-refractivity contribution < 1.29 is 0 Å². The second-order valence-corrected chi connectivity index (χ2v) is 7.25. The highest BCUT2D eigenvalue weighted by atomic mass is 15.5. The van der Waals surface area contributed by atoms with Gasteiger partial charge in [0.1, 0.15) is 11.3 Å². The Bertz CT molecular complexity index is 1330.